The topological polar surface area (TPSA) is 28.4 Å². The first-order valence-corrected chi connectivity index (χ1v) is 7.06. The molecule has 1 atom stereocenters. The van der Waals surface area contributed by atoms with Crippen molar-refractivity contribution >= 4 is 22.6 Å². The summed E-state index contributed by atoms with van der Waals surface area (Å²) >= 11 is 2.20. The predicted molar refractivity (Wildman–Crippen MR) is 73.4 cm³/mol. The smallest absolute Gasteiger partial charge is 0.164 e. The summed E-state index contributed by atoms with van der Waals surface area (Å²) in [5, 5.41) is 3.48. The van der Waals surface area contributed by atoms with Crippen LogP contribution in [0.15, 0.2) is 16.5 Å². The van der Waals surface area contributed by atoms with Gasteiger partial charge in [0, 0.05) is 12.6 Å². The Bertz CT molecular complexity index is 327. The fourth-order valence-corrected chi connectivity index (χ4v) is 2.81. The number of likely N-dealkylation sites (N-methyl/N-ethyl adjacent to an activating group) is 1. The molecule has 1 aromatic rings. The van der Waals surface area contributed by atoms with E-state index in [0.29, 0.717) is 0 Å². The van der Waals surface area contributed by atoms with E-state index >= 15 is 0 Å². The van der Waals surface area contributed by atoms with Crippen molar-refractivity contribution in [1.82, 2.24) is 10.2 Å². The Morgan fingerprint density at radius 1 is 1.56 bits per heavy atom. The first-order chi connectivity index (χ1) is 7.79. The summed E-state index contributed by atoms with van der Waals surface area (Å²) in [5.74, 6) is 1.03. The third kappa shape index (κ3) is 3.21. The highest BCUT2D eigenvalue weighted by molar-refractivity contribution is 14.1. The van der Waals surface area contributed by atoms with Gasteiger partial charge in [0.25, 0.3) is 0 Å². The number of likely N-dealkylation sites (tertiary alicyclic amines) is 1. The van der Waals surface area contributed by atoms with Crippen molar-refractivity contribution < 1.29 is 4.42 Å². The van der Waals surface area contributed by atoms with Crippen LogP contribution in [0.2, 0.25) is 0 Å². The Morgan fingerprint density at radius 2 is 2.44 bits per heavy atom. The fourth-order valence-electron chi connectivity index (χ4n) is 2.35. The molecular weight excluding hydrogens is 315 g/mol. The zero-order valence-electron chi connectivity index (χ0n) is 9.71. The van der Waals surface area contributed by atoms with Crippen LogP contribution < -0.4 is 5.32 Å². The molecule has 0 spiro atoms. The van der Waals surface area contributed by atoms with Gasteiger partial charge in [0.1, 0.15) is 5.76 Å². The highest BCUT2D eigenvalue weighted by Crippen LogP contribution is 2.16. The lowest BCUT2D eigenvalue weighted by Crippen LogP contribution is -2.37. The second-order valence-corrected chi connectivity index (χ2v) is 5.32. The van der Waals surface area contributed by atoms with E-state index in [0.717, 1.165) is 28.7 Å². The molecule has 0 radical (unpaired) electrons. The van der Waals surface area contributed by atoms with Crippen molar-refractivity contribution in [3.63, 3.8) is 0 Å². The number of furan rings is 1. The van der Waals surface area contributed by atoms with Gasteiger partial charge in [-0.2, -0.15) is 0 Å². The maximum Gasteiger partial charge on any atom is 0.164 e. The Labute approximate surface area is 111 Å². The number of rotatable bonds is 5. The predicted octanol–water partition coefficient (Wildman–Crippen LogP) is 2.46. The number of nitrogens with one attached hydrogen (secondary N) is 1. The Hall–Kier alpha value is -0.0700. The molecule has 0 aliphatic carbocycles. The minimum absolute atomic E-state index is 0.721. The zero-order valence-corrected chi connectivity index (χ0v) is 11.9. The van der Waals surface area contributed by atoms with E-state index < -0.39 is 0 Å². The third-order valence-corrected chi connectivity index (χ3v) is 3.79. The summed E-state index contributed by atoms with van der Waals surface area (Å²) in [6.07, 6.45) is 2.68. The van der Waals surface area contributed by atoms with Gasteiger partial charge >= 0.3 is 0 Å². The van der Waals surface area contributed by atoms with Gasteiger partial charge in [-0.05, 0) is 60.7 Å². The molecule has 16 heavy (non-hydrogen) atoms. The van der Waals surface area contributed by atoms with Crippen LogP contribution in [0.3, 0.4) is 0 Å². The summed E-state index contributed by atoms with van der Waals surface area (Å²) in [4.78, 5) is 2.55. The van der Waals surface area contributed by atoms with E-state index in [9.17, 15) is 0 Å². The van der Waals surface area contributed by atoms with Gasteiger partial charge in [-0.3, -0.25) is 4.90 Å². The lowest BCUT2D eigenvalue weighted by molar-refractivity contribution is 0.258. The molecule has 1 aromatic heterocycles. The standard InChI is InChI=1S/C12H19IN2O/c1-2-15-7-3-4-10(15)8-14-9-11-5-6-12(13)16-11/h5-6,10,14H,2-4,7-9H2,1H3. The monoisotopic (exact) mass is 334 g/mol. The van der Waals surface area contributed by atoms with Gasteiger partial charge < -0.3 is 9.73 Å². The zero-order chi connectivity index (χ0) is 11.4. The molecule has 2 rings (SSSR count). The number of halogens is 1. The molecule has 3 nitrogen and oxygen atoms in total. The SMILES string of the molecule is CCN1CCCC1CNCc1ccc(I)o1. The lowest BCUT2D eigenvalue weighted by Gasteiger charge is -2.22. The van der Waals surface area contributed by atoms with Crippen LogP contribution >= 0.6 is 22.6 Å². The van der Waals surface area contributed by atoms with Crippen molar-refractivity contribution in [2.75, 3.05) is 19.6 Å². The van der Waals surface area contributed by atoms with Crippen LogP contribution in [0.5, 0.6) is 0 Å². The van der Waals surface area contributed by atoms with Crippen LogP contribution in [0.1, 0.15) is 25.5 Å². The van der Waals surface area contributed by atoms with E-state index in [-0.39, 0.29) is 0 Å². The Kier molecular flexibility index (Phi) is 4.66. The molecule has 1 unspecified atom stereocenters. The molecule has 1 saturated heterocycles. The number of hydrogen-bond donors (Lipinski definition) is 1. The van der Waals surface area contributed by atoms with Crippen LogP contribution in [-0.2, 0) is 6.54 Å². The molecular formula is C12H19IN2O. The van der Waals surface area contributed by atoms with E-state index in [1.54, 1.807) is 0 Å². The first kappa shape index (κ1) is 12.4. The van der Waals surface area contributed by atoms with Crippen molar-refractivity contribution in [3.05, 3.63) is 21.7 Å². The maximum atomic E-state index is 5.51. The molecule has 1 fully saturated rings. The normalized spacial score (nSPS) is 21.8. The fraction of sp³-hybridized carbons (Fsp3) is 0.667. The van der Waals surface area contributed by atoms with Gasteiger partial charge in [-0.1, -0.05) is 6.92 Å². The molecule has 1 aliphatic rings. The minimum atomic E-state index is 0.721. The first-order valence-electron chi connectivity index (χ1n) is 5.98. The molecule has 1 aliphatic heterocycles. The second-order valence-electron chi connectivity index (χ2n) is 4.26. The Balaban J connectivity index is 1.71. The summed E-state index contributed by atoms with van der Waals surface area (Å²) in [6, 6.07) is 4.77. The minimum Gasteiger partial charge on any atom is -0.454 e. The molecule has 2 heterocycles. The quantitative estimate of drug-likeness (QED) is 0.839. The van der Waals surface area contributed by atoms with Crippen molar-refractivity contribution in [3.8, 4) is 0 Å². The molecule has 0 bridgehead atoms. The van der Waals surface area contributed by atoms with E-state index in [2.05, 4.69) is 39.7 Å². The van der Waals surface area contributed by atoms with Gasteiger partial charge in [0.15, 0.2) is 3.77 Å². The highest BCUT2D eigenvalue weighted by Gasteiger charge is 2.22. The van der Waals surface area contributed by atoms with Crippen LogP contribution in [0.25, 0.3) is 0 Å². The maximum absolute atomic E-state index is 5.51. The van der Waals surface area contributed by atoms with E-state index in [1.165, 1.54) is 25.9 Å². The molecule has 4 heteroatoms. The van der Waals surface area contributed by atoms with E-state index in [4.69, 9.17) is 4.42 Å². The van der Waals surface area contributed by atoms with Gasteiger partial charge in [-0.15, -0.1) is 0 Å². The van der Waals surface area contributed by atoms with Crippen LogP contribution in [0.4, 0.5) is 0 Å². The van der Waals surface area contributed by atoms with Crippen molar-refractivity contribution in [2.45, 2.75) is 32.4 Å². The molecule has 0 saturated carbocycles. The average molecular weight is 334 g/mol. The number of nitrogens with zero attached hydrogens (tertiary/aromatic N) is 1. The summed E-state index contributed by atoms with van der Waals surface area (Å²) in [7, 11) is 0. The van der Waals surface area contributed by atoms with Crippen molar-refractivity contribution in [1.29, 1.82) is 0 Å². The summed E-state index contributed by atoms with van der Waals surface area (Å²) in [5.41, 5.74) is 0. The Morgan fingerprint density at radius 3 is 3.12 bits per heavy atom. The van der Waals surface area contributed by atoms with Gasteiger partial charge in [0.2, 0.25) is 0 Å². The largest absolute Gasteiger partial charge is 0.454 e. The van der Waals surface area contributed by atoms with Crippen LogP contribution in [-0.4, -0.2) is 30.6 Å². The lowest BCUT2D eigenvalue weighted by atomic mass is 10.2. The highest BCUT2D eigenvalue weighted by atomic mass is 127. The third-order valence-electron chi connectivity index (χ3n) is 3.21. The summed E-state index contributed by atoms with van der Waals surface area (Å²) in [6.45, 7) is 6.60. The average Bonchev–Trinajstić information content (AvgIpc) is 2.87. The molecule has 0 amide bonds. The molecule has 90 valence electrons. The van der Waals surface area contributed by atoms with Crippen LogP contribution in [0, 0.1) is 3.77 Å². The van der Waals surface area contributed by atoms with Crippen molar-refractivity contribution in [2.24, 2.45) is 0 Å². The molecule has 1 N–H and O–H groups in total. The molecule has 0 aromatic carbocycles. The number of hydrogen-bond acceptors (Lipinski definition) is 3. The van der Waals surface area contributed by atoms with Gasteiger partial charge in [-0.25, -0.2) is 0 Å². The second kappa shape index (κ2) is 6.02. The van der Waals surface area contributed by atoms with Gasteiger partial charge in [0.05, 0.1) is 6.54 Å². The summed E-state index contributed by atoms with van der Waals surface area (Å²) < 4.78 is 6.48. The van der Waals surface area contributed by atoms with E-state index in [1.807, 2.05) is 12.1 Å².